The van der Waals surface area contributed by atoms with Gasteiger partial charge in [-0.25, -0.2) is 9.18 Å². The molecule has 7 nitrogen and oxygen atoms in total. The van der Waals surface area contributed by atoms with Crippen molar-refractivity contribution >= 4 is 22.9 Å². The zero-order valence-corrected chi connectivity index (χ0v) is 18.0. The summed E-state index contributed by atoms with van der Waals surface area (Å²) in [5.74, 6) is -0.842. The summed E-state index contributed by atoms with van der Waals surface area (Å²) in [6.07, 6.45) is 1.39. The van der Waals surface area contributed by atoms with E-state index in [0.29, 0.717) is 34.3 Å². The summed E-state index contributed by atoms with van der Waals surface area (Å²) in [7, 11) is 1.51. The number of aromatic nitrogens is 2. The Morgan fingerprint density at radius 3 is 2.58 bits per heavy atom. The van der Waals surface area contributed by atoms with E-state index in [1.165, 1.54) is 25.2 Å². The number of hydrogen-bond donors (Lipinski definition) is 2. The Morgan fingerprint density at radius 2 is 1.94 bits per heavy atom. The predicted octanol–water partition coefficient (Wildman–Crippen LogP) is 3.86. The number of nitrogens with one attached hydrogen (secondary N) is 2. The van der Waals surface area contributed by atoms with Crippen LogP contribution in [0, 0.1) is 5.82 Å². The van der Waals surface area contributed by atoms with Crippen LogP contribution in [0.3, 0.4) is 0 Å². The van der Waals surface area contributed by atoms with Crippen LogP contribution in [0.4, 0.5) is 9.18 Å². The highest BCUT2D eigenvalue weighted by molar-refractivity contribution is 6.11. The first-order valence-electron chi connectivity index (χ1n) is 9.92. The smallest absolute Gasteiger partial charge is 0.407 e. The summed E-state index contributed by atoms with van der Waals surface area (Å²) in [5.41, 5.74) is 1.76. The number of hydrogen-bond acceptors (Lipinski definition) is 5. The summed E-state index contributed by atoms with van der Waals surface area (Å²) >= 11 is 0. The van der Waals surface area contributed by atoms with Crippen molar-refractivity contribution in [3.63, 3.8) is 0 Å². The molecule has 31 heavy (non-hydrogen) atoms. The average molecular weight is 424 g/mol. The number of halogens is 1. The Hall–Kier alpha value is -3.55. The van der Waals surface area contributed by atoms with Gasteiger partial charge in [-0.1, -0.05) is 6.07 Å². The Morgan fingerprint density at radius 1 is 1.16 bits per heavy atom. The van der Waals surface area contributed by atoms with Gasteiger partial charge in [0.1, 0.15) is 11.4 Å². The molecule has 0 aliphatic carbocycles. The van der Waals surface area contributed by atoms with Gasteiger partial charge in [0.2, 0.25) is 0 Å². The molecule has 0 aliphatic rings. The van der Waals surface area contributed by atoms with Crippen LogP contribution in [0.25, 0.3) is 22.2 Å². The first kappa shape index (κ1) is 22.1. The van der Waals surface area contributed by atoms with Crippen molar-refractivity contribution in [2.45, 2.75) is 32.8 Å². The van der Waals surface area contributed by atoms with Gasteiger partial charge in [-0.05, 0) is 51.1 Å². The Kier molecular flexibility index (Phi) is 6.48. The first-order valence-corrected chi connectivity index (χ1v) is 9.92. The number of rotatable bonds is 5. The second kappa shape index (κ2) is 9.07. The maximum atomic E-state index is 14.0. The molecule has 3 rings (SSSR count). The lowest BCUT2D eigenvalue weighted by atomic mass is 9.95. The number of carbonyl (C=O) groups excluding carboxylic acids is 2. The molecular formula is C23H25FN4O3. The molecule has 2 amide bonds. The number of nitrogens with zero attached hydrogens (tertiary/aromatic N) is 2. The molecular weight excluding hydrogens is 399 g/mol. The molecule has 0 bridgehead atoms. The van der Waals surface area contributed by atoms with Crippen molar-refractivity contribution in [1.29, 1.82) is 0 Å². The number of alkyl carbamates (subject to hydrolysis) is 1. The van der Waals surface area contributed by atoms with E-state index in [1.54, 1.807) is 45.2 Å². The fourth-order valence-corrected chi connectivity index (χ4v) is 3.21. The van der Waals surface area contributed by atoms with Crippen LogP contribution in [-0.4, -0.2) is 41.2 Å². The lowest BCUT2D eigenvalue weighted by Crippen LogP contribution is -2.33. The monoisotopic (exact) mass is 424 g/mol. The molecule has 0 saturated heterocycles. The zero-order chi connectivity index (χ0) is 22.6. The summed E-state index contributed by atoms with van der Waals surface area (Å²) in [6.45, 7) is 5.59. The van der Waals surface area contributed by atoms with E-state index in [-0.39, 0.29) is 18.0 Å². The summed E-state index contributed by atoms with van der Waals surface area (Å²) < 4.78 is 19.3. The third-order valence-corrected chi connectivity index (χ3v) is 4.43. The van der Waals surface area contributed by atoms with E-state index in [9.17, 15) is 14.0 Å². The fraction of sp³-hybridized carbons (Fsp3) is 0.304. The highest BCUT2D eigenvalue weighted by Crippen LogP contribution is 2.32. The highest BCUT2D eigenvalue weighted by Gasteiger charge is 2.23. The number of ether oxygens (including phenoxy) is 1. The van der Waals surface area contributed by atoms with Crippen LogP contribution >= 0.6 is 0 Å². The van der Waals surface area contributed by atoms with Gasteiger partial charge in [0.15, 0.2) is 0 Å². The third kappa shape index (κ3) is 5.33. The number of fused-ring (bicyclic) bond motifs is 1. The Bertz CT molecular complexity index is 1110. The van der Waals surface area contributed by atoms with Crippen molar-refractivity contribution < 1.29 is 18.7 Å². The van der Waals surface area contributed by atoms with E-state index < -0.39 is 17.5 Å². The summed E-state index contributed by atoms with van der Waals surface area (Å²) in [4.78, 5) is 33.9. The molecule has 1 aromatic carbocycles. The molecule has 3 aromatic rings. The van der Waals surface area contributed by atoms with Gasteiger partial charge in [0.05, 0.1) is 22.5 Å². The highest BCUT2D eigenvalue weighted by atomic mass is 19.1. The van der Waals surface area contributed by atoms with Crippen LogP contribution in [-0.2, 0) is 11.2 Å². The second-order valence-corrected chi connectivity index (χ2v) is 7.94. The molecule has 8 heteroatoms. The van der Waals surface area contributed by atoms with Crippen molar-refractivity contribution in [3.05, 3.63) is 59.7 Å². The van der Waals surface area contributed by atoms with E-state index in [1.807, 2.05) is 0 Å². The van der Waals surface area contributed by atoms with Crippen LogP contribution in [0.1, 0.15) is 36.8 Å². The SMILES string of the molecule is CNC(=O)c1c(-c2ccccn2)c(CCNC(=O)OC(C)(C)C)nc2ccc(F)cc12. The largest absolute Gasteiger partial charge is 0.444 e. The van der Waals surface area contributed by atoms with Crippen molar-refractivity contribution in [2.75, 3.05) is 13.6 Å². The minimum atomic E-state index is -0.610. The zero-order valence-electron chi connectivity index (χ0n) is 18.0. The minimum Gasteiger partial charge on any atom is -0.444 e. The summed E-state index contributed by atoms with van der Waals surface area (Å²) in [6, 6.07) is 9.45. The Balaban J connectivity index is 2.08. The lowest BCUT2D eigenvalue weighted by Gasteiger charge is -2.20. The van der Waals surface area contributed by atoms with E-state index in [4.69, 9.17) is 4.74 Å². The average Bonchev–Trinajstić information content (AvgIpc) is 2.71. The first-order chi connectivity index (χ1) is 14.7. The Labute approximate surface area is 180 Å². The number of pyridine rings is 2. The van der Waals surface area contributed by atoms with Gasteiger partial charge in [-0.2, -0.15) is 0 Å². The fourth-order valence-electron chi connectivity index (χ4n) is 3.21. The number of benzene rings is 1. The van der Waals surface area contributed by atoms with Crippen molar-refractivity contribution in [2.24, 2.45) is 0 Å². The third-order valence-electron chi connectivity index (χ3n) is 4.43. The van der Waals surface area contributed by atoms with Crippen LogP contribution in [0.15, 0.2) is 42.6 Å². The minimum absolute atomic E-state index is 0.238. The molecule has 2 aromatic heterocycles. The molecule has 0 atom stereocenters. The molecule has 0 aliphatic heterocycles. The maximum absolute atomic E-state index is 14.0. The van der Waals surface area contributed by atoms with Crippen molar-refractivity contribution in [3.8, 4) is 11.3 Å². The quantitative estimate of drug-likeness (QED) is 0.649. The van der Waals surface area contributed by atoms with E-state index in [2.05, 4.69) is 20.6 Å². The van der Waals surface area contributed by atoms with Crippen LogP contribution < -0.4 is 10.6 Å². The molecule has 0 fully saturated rings. The van der Waals surface area contributed by atoms with E-state index >= 15 is 0 Å². The van der Waals surface area contributed by atoms with Gasteiger partial charge in [-0.3, -0.25) is 14.8 Å². The van der Waals surface area contributed by atoms with Gasteiger partial charge >= 0.3 is 6.09 Å². The molecule has 2 heterocycles. The predicted molar refractivity (Wildman–Crippen MR) is 116 cm³/mol. The molecule has 2 N–H and O–H groups in total. The molecule has 0 saturated carbocycles. The standard InChI is InChI=1S/C23H25FN4O3/c1-23(2,3)31-22(30)27-12-10-18-20(17-7-5-6-11-26-17)19(21(29)25-4)15-13-14(24)8-9-16(15)28-18/h5-9,11,13H,10,12H2,1-4H3,(H,25,29)(H,27,30). The van der Waals surface area contributed by atoms with Gasteiger partial charge in [0.25, 0.3) is 5.91 Å². The van der Waals surface area contributed by atoms with Gasteiger partial charge in [-0.15, -0.1) is 0 Å². The van der Waals surface area contributed by atoms with Gasteiger partial charge in [0, 0.05) is 37.2 Å². The van der Waals surface area contributed by atoms with E-state index in [0.717, 1.165) is 0 Å². The lowest BCUT2D eigenvalue weighted by molar-refractivity contribution is 0.0528. The van der Waals surface area contributed by atoms with Gasteiger partial charge < -0.3 is 15.4 Å². The molecule has 0 radical (unpaired) electrons. The van der Waals surface area contributed by atoms with Crippen LogP contribution in [0.5, 0.6) is 0 Å². The molecule has 0 unspecified atom stereocenters. The molecule has 0 spiro atoms. The number of carbonyl (C=O) groups is 2. The molecule has 162 valence electrons. The maximum Gasteiger partial charge on any atom is 0.407 e. The topological polar surface area (TPSA) is 93.2 Å². The van der Waals surface area contributed by atoms with Crippen LogP contribution in [0.2, 0.25) is 0 Å². The van der Waals surface area contributed by atoms with Crippen molar-refractivity contribution in [1.82, 2.24) is 20.6 Å². The summed E-state index contributed by atoms with van der Waals surface area (Å²) in [5, 5.41) is 5.72. The normalized spacial score (nSPS) is 11.3. The number of amides is 2. The second-order valence-electron chi connectivity index (χ2n) is 7.94.